The fourth-order valence-corrected chi connectivity index (χ4v) is 2.58. The van der Waals surface area contributed by atoms with Crippen molar-refractivity contribution >= 4 is 16.8 Å². The molecule has 0 aliphatic rings. The lowest BCUT2D eigenvalue weighted by Gasteiger charge is -2.16. The molecule has 1 heteroatoms. The van der Waals surface area contributed by atoms with Crippen LogP contribution in [0.3, 0.4) is 0 Å². The van der Waals surface area contributed by atoms with Gasteiger partial charge in [0.05, 0.1) is 0 Å². The third-order valence-electron chi connectivity index (χ3n) is 3.68. The van der Waals surface area contributed by atoms with Gasteiger partial charge in [-0.05, 0) is 28.9 Å². The van der Waals surface area contributed by atoms with E-state index in [2.05, 4.69) is 0 Å². The molecule has 0 saturated carbocycles. The molecule has 0 amide bonds. The topological polar surface area (TPSA) is 3.24 Å². The van der Waals surface area contributed by atoms with E-state index in [0.29, 0.717) is 13.1 Å². The van der Waals surface area contributed by atoms with Crippen molar-refractivity contribution in [2.75, 3.05) is 13.5 Å². The zero-order valence-corrected chi connectivity index (χ0v) is 12.4. The van der Waals surface area contributed by atoms with E-state index < -0.39 is 6.98 Å². The second-order valence-corrected chi connectivity index (χ2v) is 5.33. The highest BCUT2D eigenvalue weighted by molar-refractivity contribution is 5.85. The Balaban J connectivity index is 1.80. The summed E-state index contributed by atoms with van der Waals surface area (Å²) in [6.07, 6.45) is 3.87. The Morgan fingerprint density at radius 3 is 2.55 bits per heavy atom. The molecule has 0 aliphatic heterocycles. The molecule has 110 valence electrons. The van der Waals surface area contributed by atoms with Gasteiger partial charge in [0.2, 0.25) is 0 Å². The van der Waals surface area contributed by atoms with Gasteiger partial charge in [-0.25, -0.2) is 0 Å². The standard InChI is InChI=1S/C21H21N/c1-22(16-8-11-18-9-3-2-4-10-18)17-20-14-7-13-19-12-5-6-15-21(19)20/h2-15H,16-17H2,1H3/i1D3. The van der Waals surface area contributed by atoms with E-state index in [1.807, 2.05) is 84.9 Å². The van der Waals surface area contributed by atoms with Gasteiger partial charge in [-0.15, -0.1) is 0 Å². The van der Waals surface area contributed by atoms with Crippen LogP contribution in [-0.4, -0.2) is 18.4 Å². The van der Waals surface area contributed by atoms with Crippen LogP contribution in [0.25, 0.3) is 16.8 Å². The van der Waals surface area contributed by atoms with Gasteiger partial charge in [-0.2, -0.15) is 0 Å². The maximum atomic E-state index is 7.85. The Hall–Kier alpha value is -2.38. The summed E-state index contributed by atoms with van der Waals surface area (Å²) >= 11 is 0. The van der Waals surface area contributed by atoms with Crippen molar-refractivity contribution in [2.24, 2.45) is 0 Å². The van der Waals surface area contributed by atoms with Crippen LogP contribution in [0.1, 0.15) is 15.2 Å². The van der Waals surface area contributed by atoms with Gasteiger partial charge < -0.3 is 0 Å². The third-order valence-corrected chi connectivity index (χ3v) is 3.68. The zero-order valence-electron chi connectivity index (χ0n) is 15.4. The Labute approximate surface area is 136 Å². The minimum absolute atomic E-state index is 0.370. The van der Waals surface area contributed by atoms with Crippen LogP contribution < -0.4 is 0 Å². The van der Waals surface area contributed by atoms with E-state index in [-0.39, 0.29) is 0 Å². The molecule has 0 unspecified atom stereocenters. The first-order valence-electron chi connectivity index (χ1n) is 8.97. The SMILES string of the molecule is [2H]C([2H])([2H])N(CC=Cc1ccccc1)Cc1cccc2ccccc12. The molecular formula is C21H21N. The first-order valence-corrected chi connectivity index (χ1v) is 7.47. The Kier molecular flexibility index (Phi) is 3.60. The molecule has 0 heterocycles. The van der Waals surface area contributed by atoms with E-state index in [4.69, 9.17) is 4.11 Å². The zero-order chi connectivity index (χ0) is 17.7. The van der Waals surface area contributed by atoms with E-state index >= 15 is 0 Å². The molecule has 0 bridgehead atoms. The fourth-order valence-electron chi connectivity index (χ4n) is 2.58. The van der Waals surface area contributed by atoms with Crippen LogP contribution in [-0.2, 0) is 6.54 Å². The molecule has 1 nitrogen and oxygen atoms in total. The molecule has 0 aliphatic carbocycles. The van der Waals surface area contributed by atoms with Gasteiger partial charge in [0.25, 0.3) is 0 Å². The molecule has 22 heavy (non-hydrogen) atoms. The molecule has 0 spiro atoms. The van der Waals surface area contributed by atoms with Crippen molar-refractivity contribution < 1.29 is 4.11 Å². The summed E-state index contributed by atoms with van der Waals surface area (Å²) in [5.41, 5.74) is 2.10. The van der Waals surface area contributed by atoms with Crippen molar-refractivity contribution in [1.82, 2.24) is 4.90 Å². The molecule has 3 rings (SSSR count). The highest BCUT2D eigenvalue weighted by atomic mass is 15.1. The van der Waals surface area contributed by atoms with Gasteiger partial charge in [0.15, 0.2) is 0 Å². The number of benzene rings is 3. The van der Waals surface area contributed by atoms with Crippen LogP contribution in [0.2, 0.25) is 0 Å². The largest absolute Gasteiger partial charge is 0.298 e. The second-order valence-electron chi connectivity index (χ2n) is 5.33. The number of hydrogen-bond acceptors (Lipinski definition) is 1. The molecule has 3 aromatic rings. The minimum Gasteiger partial charge on any atom is -0.298 e. The quantitative estimate of drug-likeness (QED) is 0.640. The highest BCUT2D eigenvalue weighted by Crippen LogP contribution is 2.19. The van der Waals surface area contributed by atoms with E-state index in [1.165, 1.54) is 4.90 Å². The second kappa shape index (κ2) is 7.06. The Bertz CT molecular complexity index is 848. The molecular weight excluding hydrogens is 266 g/mol. The lowest BCUT2D eigenvalue weighted by Crippen LogP contribution is -2.17. The number of fused-ring (bicyclic) bond motifs is 1. The number of hydrogen-bond donors (Lipinski definition) is 0. The Morgan fingerprint density at radius 1 is 0.909 bits per heavy atom. The molecule has 3 aromatic carbocycles. The summed E-state index contributed by atoms with van der Waals surface area (Å²) in [7, 11) is 0. The predicted molar refractivity (Wildman–Crippen MR) is 95.8 cm³/mol. The van der Waals surface area contributed by atoms with Crippen molar-refractivity contribution in [2.45, 2.75) is 6.54 Å². The summed E-state index contributed by atoms with van der Waals surface area (Å²) in [6.45, 7) is -1.39. The molecule has 0 aromatic heterocycles. The minimum atomic E-state index is -2.14. The number of likely N-dealkylation sites (N-methyl/N-ethyl adjacent to an activating group) is 1. The molecule has 0 atom stereocenters. The van der Waals surface area contributed by atoms with Crippen LogP contribution in [0.5, 0.6) is 0 Å². The smallest absolute Gasteiger partial charge is 0.0394 e. The summed E-state index contributed by atoms with van der Waals surface area (Å²) in [4.78, 5) is 1.52. The van der Waals surface area contributed by atoms with E-state index in [0.717, 1.165) is 21.9 Å². The van der Waals surface area contributed by atoms with E-state index in [1.54, 1.807) is 0 Å². The highest BCUT2D eigenvalue weighted by Gasteiger charge is 2.03. The molecule has 0 fully saturated rings. The van der Waals surface area contributed by atoms with Crippen LogP contribution in [0.4, 0.5) is 0 Å². The fraction of sp³-hybridized carbons (Fsp3) is 0.143. The van der Waals surface area contributed by atoms with Gasteiger partial charge in [0.1, 0.15) is 0 Å². The van der Waals surface area contributed by atoms with Crippen molar-refractivity contribution in [3.8, 4) is 0 Å². The average molecular weight is 290 g/mol. The third kappa shape index (κ3) is 3.63. The average Bonchev–Trinajstić information content (AvgIpc) is 2.61. The maximum absolute atomic E-state index is 7.85. The maximum Gasteiger partial charge on any atom is 0.0394 e. The first-order chi connectivity index (χ1) is 12.0. The molecule has 0 saturated heterocycles. The Morgan fingerprint density at radius 2 is 1.68 bits per heavy atom. The van der Waals surface area contributed by atoms with Crippen molar-refractivity contribution in [3.05, 3.63) is 90.0 Å². The lowest BCUT2D eigenvalue weighted by atomic mass is 10.0. The van der Waals surface area contributed by atoms with Crippen LogP contribution in [0, 0.1) is 0 Å². The van der Waals surface area contributed by atoms with Gasteiger partial charge in [-0.3, -0.25) is 4.90 Å². The lowest BCUT2D eigenvalue weighted by molar-refractivity contribution is 0.365. The number of nitrogens with zero attached hydrogens (tertiary/aromatic N) is 1. The van der Waals surface area contributed by atoms with Gasteiger partial charge in [0, 0.05) is 17.2 Å². The van der Waals surface area contributed by atoms with Gasteiger partial charge >= 0.3 is 0 Å². The molecule has 0 radical (unpaired) electrons. The summed E-state index contributed by atoms with van der Waals surface area (Å²) < 4.78 is 23.6. The summed E-state index contributed by atoms with van der Waals surface area (Å²) in [5.74, 6) is 0. The van der Waals surface area contributed by atoms with E-state index in [9.17, 15) is 0 Å². The van der Waals surface area contributed by atoms with Crippen molar-refractivity contribution in [3.63, 3.8) is 0 Å². The van der Waals surface area contributed by atoms with Crippen molar-refractivity contribution in [1.29, 1.82) is 0 Å². The normalized spacial score (nSPS) is 14.1. The van der Waals surface area contributed by atoms with Crippen LogP contribution in [0.15, 0.2) is 78.9 Å². The number of rotatable bonds is 5. The summed E-state index contributed by atoms with van der Waals surface area (Å²) in [5, 5.41) is 2.23. The summed E-state index contributed by atoms with van der Waals surface area (Å²) in [6, 6.07) is 24.0. The first kappa shape index (κ1) is 11.2. The predicted octanol–water partition coefficient (Wildman–Crippen LogP) is 4.99. The molecule has 0 N–H and O–H groups in total. The van der Waals surface area contributed by atoms with Crippen LogP contribution >= 0.6 is 0 Å². The monoisotopic (exact) mass is 290 g/mol. The van der Waals surface area contributed by atoms with Gasteiger partial charge in [-0.1, -0.05) is 84.9 Å².